The quantitative estimate of drug-likeness (QED) is 0.752. The minimum atomic E-state index is -0.0513. The van der Waals surface area contributed by atoms with Crippen molar-refractivity contribution in [3.63, 3.8) is 0 Å². The second-order valence-corrected chi connectivity index (χ2v) is 8.85. The van der Waals surface area contributed by atoms with E-state index in [0.29, 0.717) is 10.9 Å². The fourth-order valence-corrected chi connectivity index (χ4v) is 4.82. The van der Waals surface area contributed by atoms with Crippen LogP contribution in [0.1, 0.15) is 47.0 Å². The van der Waals surface area contributed by atoms with Crippen LogP contribution in [-0.4, -0.2) is 50.1 Å². The van der Waals surface area contributed by atoms with Gasteiger partial charge in [0.2, 0.25) is 11.8 Å². The predicted molar refractivity (Wildman–Crippen MR) is 113 cm³/mol. The standard InChI is InChI=1S/C21H30N4O2S/c1-14(2)22-19(26)12-24-18-11-6-5-10-17(18)23-21(24)28-13-20(27)25-15(3)8-7-9-16(25)4/h5-6,10-11,14-16H,7-9,12-13H2,1-4H3,(H,22,26)/t15-,16-/m0/s1. The first-order valence-electron chi connectivity index (χ1n) is 10.1. The van der Waals surface area contributed by atoms with E-state index in [9.17, 15) is 9.59 Å². The van der Waals surface area contributed by atoms with Gasteiger partial charge in [0.15, 0.2) is 5.16 Å². The zero-order chi connectivity index (χ0) is 20.3. The Kier molecular flexibility index (Phi) is 6.65. The molecule has 28 heavy (non-hydrogen) atoms. The van der Waals surface area contributed by atoms with Crippen molar-refractivity contribution >= 4 is 34.6 Å². The van der Waals surface area contributed by atoms with Crippen molar-refractivity contribution in [2.24, 2.45) is 0 Å². The highest BCUT2D eigenvalue weighted by Gasteiger charge is 2.29. The number of fused-ring (bicyclic) bond motifs is 1. The predicted octanol–water partition coefficient (Wildman–Crippen LogP) is 3.44. The van der Waals surface area contributed by atoms with Gasteiger partial charge in [0.25, 0.3) is 0 Å². The number of amides is 2. The van der Waals surface area contributed by atoms with Crippen LogP contribution < -0.4 is 5.32 Å². The molecule has 2 atom stereocenters. The number of para-hydroxylation sites is 2. The molecular weight excluding hydrogens is 372 g/mol. The third-order valence-electron chi connectivity index (χ3n) is 5.18. The van der Waals surface area contributed by atoms with E-state index in [0.717, 1.165) is 23.9 Å². The first-order chi connectivity index (χ1) is 13.4. The van der Waals surface area contributed by atoms with Crippen LogP contribution in [0.3, 0.4) is 0 Å². The molecule has 3 rings (SSSR count). The molecule has 0 aliphatic carbocycles. The Morgan fingerprint density at radius 2 is 1.89 bits per heavy atom. The molecule has 0 radical (unpaired) electrons. The SMILES string of the molecule is CC(C)NC(=O)Cn1c(SCC(=O)N2[C@@H](C)CCC[C@@H]2C)nc2ccccc21. The van der Waals surface area contributed by atoms with Gasteiger partial charge in [-0.2, -0.15) is 0 Å². The van der Waals surface area contributed by atoms with E-state index >= 15 is 0 Å². The van der Waals surface area contributed by atoms with Gasteiger partial charge in [-0.1, -0.05) is 23.9 Å². The average Bonchev–Trinajstić information content (AvgIpc) is 2.97. The Morgan fingerprint density at radius 3 is 2.57 bits per heavy atom. The van der Waals surface area contributed by atoms with Crippen LogP contribution in [0.2, 0.25) is 0 Å². The molecule has 1 N–H and O–H groups in total. The molecule has 7 heteroatoms. The number of nitrogens with zero attached hydrogens (tertiary/aromatic N) is 3. The van der Waals surface area contributed by atoms with Crippen molar-refractivity contribution in [3.8, 4) is 0 Å². The monoisotopic (exact) mass is 402 g/mol. The largest absolute Gasteiger partial charge is 0.352 e. The summed E-state index contributed by atoms with van der Waals surface area (Å²) in [6, 6.07) is 8.43. The maximum absolute atomic E-state index is 12.9. The summed E-state index contributed by atoms with van der Waals surface area (Å²) < 4.78 is 1.91. The molecule has 2 aromatic rings. The van der Waals surface area contributed by atoms with Crippen LogP contribution in [0.4, 0.5) is 0 Å². The van der Waals surface area contributed by atoms with Crippen LogP contribution >= 0.6 is 11.8 Å². The molecule has 1 saturated heterocycles. The maximum Gasteiger partial charge on any atom is 0.240 e. The van der Waals surface area contributed by atoms with Gasteiger partial charge in [0.1, 0.15) is 6.54 Å². The number of rotatable bonds is 6. The van der Waals surface area contributed by atoms with Crippen LogP contribution in [0.5, 0.6) is 0 Å². The molecule has 1 fully saturated rings. The molecule has 0 bridgehead atoms. The third kappa shape index (κ3) is 4.69. The molecule has 152 valence electrons. The zero-order valence-electron chi connectivity index (χ0n) is 17.1. The van der Waals surface area contributed by atoms with Gasteiger partial charge in [0.05, 0.1) is 16.8 Å². The first-order valence-corrected chi connectivity index (χ1v) is 11.0. The number of benzene rings is 1. The highest BCUT2D eigenvalue weighted by atomic mass is 32.2. The Morgan fingerprint density at radius 1 is 1.21 bits per heavy atom. The van der Waals surface area contributed by atoms with Crippen molar-refractivity contribution in [2.45, 2.75) is 76.8 Å². The lowest BCUT2D eigenvalue weighted by molar-refractivity contribution is -0.134. The summed E-state index contributed by atoms with van der Waals surface area (Å²) in [6.45, 7) is 8.34. The molecule has 0 spiro atoms. The lowest BCUT2D eigenvalue weighted by Crippen LogP contribution is -2.48. The van der Waals surface area contributed by atoms with Gasteiger partial charge in [-0.05, 0) is 59.1 Å². The van der Waals surface area contributed by atoms with Gasteiger partial charge >= 0.3 is 0 Å². The lowest BCUT2D eigenvalue weighted by atomic mass is 9.98. The van der Waals surface area contributed by atoms with E-state index in [-0.39, 0.29) is 36.5 Å². The van der Waals surface area contributed by atoms with Crippen molar-refractivity contribution in [1.29, 1.82) is 0 Å². The van der Waals surface area contributed by atoms with Crippen LogP contribution in [0.25, 0.3) is 11.0 Å². The molecule has 1 aliphatic heterocycles. The fourth-order valence-electron chi connectivity index (χ4n) is 3.94. The number of thioether (sulfide) groups is 1. The summed E-state index contributed by atoms with van der Waals surface area (Å²) >= 11 is 1.42. The Bertz CT molecular complexity index is 838. The summed E-state index contributed by atoms with van der Waals surface area (Å²) in [4.78, 5) is 31.9. The fraction of sp³-hybridized carbons (Fsp3) is 0.571. The average molecular weight is 403 g/mol. The number of imidazole rings is 1. The molecule has 2 amide bonds. The van der Waals surface area contributed by atoms with Crippen molar-refractivity contribution in [1.82, 2.24) is 19.8 Å². The van der Waals surface area contributed by atoms with E-state index in [2.05, 4.69) is 24.1 Å². The number of aromatic nitrogens is 2. The molecule has 2 heterocycles. The second kappa shape index (κ2) is 8.99. The smallest absolute Gasteiger partial charge is 0.240 e. The van der Waals surface area contributed by atoms with Crippen LogP contribution in [0, 0.1) is 0 Å². The maximum atomic E-state index is 12.9. The summed E-state index contributed by atoms with van der Waals surface area (Å²) in [7, 11) is 0. The van der Waals surface area contributed by atoms with Gasteiger partial charge in [-0.3, -0.25) is 9.59 Å². The normalized spacial score (nSPS) is 20.0. The van der Waals surface area contributed by atoms with E-state index in [1.165, 1.54) is 18.2 Å². The van der Waals surface area contributed by atoms with E-state index in [1.54, 1.807) is 0 Å². The molecule has 0 saturated carbocycles. The summed E-state index contributed by atoms with van der Waals surface area (Å²) in [5.74, 6) is 0.434. The summed E-state index contributed by atoms with van der Waals surface area (Å²) in [6.07, 6.45) is 3.31. The number of carbonyl (C=O) groups excluding carboxylic acids is 2. The van der Waals surface area contributed by atoms with Gasteiger partial charge in [0, 0.05) is 18.1 Å². The molecule has 1 aromatic carbocycles. The topological polar surface area (TPSA) is 67.2 Å². The van der Waals surface area contributed by atoms with E-state index in [1.807, 2.05) is 47.6 Å². The highest BCUT2D eigenvalue weighted by Crippen LogP contribution is 2.27. The second-order valence-electron chi connectivity index (χ2n) is 7.91. The lowest BCUT2D eigenvalue weighted by Gasteiger charge is -2.39. The molecule has 6 nitrogen and oxygen atoms in total. The summed E-state index contributed by atoms with van der Waals surface area (Å²) in [5.41, 5.74) is 1.76. The molecule has 1 aliphatic rings. The number of hydrogen-bond donors (Lipinski definition) is 1. The Balaban J connectivity index is 1.77. The number of carbonyl (C=O) groups is 2. The van der Waals surface area contributed by atoms with Gasteiger partial charge < -0.3 is 14.8 Å². The summed E-state index contributed by atoms with van der Waals surface area (Å²) in [5, 5.41) is 3.64. The number of piperidine rings is 1. The van der Waals surface area contributed by atoms with Crippen LogP contribution in [-0.2, 0) is 16.1 Å². The van der Waals surface area contributed by atoms with Gasteiger partial charge in [-0.25, -0.2) is 4.98 Å². The van der Waals surface area contributed by atoms with Gasteiger partial charge in [-0.15, -0.1) is 0 Å². The Labute approximate surface area is 171 Å². The van der Waals surface area contributed by atoms with Crippen molar-refractivity contribution in [2.75, 3.05) is 5.75 Å². The number of nitrogens with one attached hydrogen (secondary N) is 1. The van der Waals surface area contributed by atoms with Crippen LogP contribution in [0.15, 0.2) is 29.4 Å². The minimum Gasteiger partial charge on any atom is -0.352 e. The van der Waals surface area contributed by atoms with E-state index < -0.39 is 0 Å². The molecular formula is C21H30N4O2S. The number of likely N-dealkylation sites (tertiary alicyclic amines) is 1. The Hall–Kier alpha value is -2.02. The highest BCUT2D eigenvalue weighted by molar-refractivity contribution is 7.99. The molecule has 0 unspecified atom stereocenters. The molecule has 1 aromatic heterocycles. The van der Waals surface area contributed by atoms with Crippen molar-refractivity contribution < 1.29 is 9.59 Å². The van der Waals surface area contributed by atoms with Crippen molar-refractivity contribution in [3.05, 3.63) is 24.3 Å². The zero-order valence-corrected chi connectivity index (χ0v) is 18.0. The number of hydrogen-bond acceptors (Lipinski definition) is 4. The minimum absolute atomic E-state index is 0.0513. The third-order valence-corrected chi connectivity index (χ3v) is 6.14. The van der Waals surface area contributed by atoms with E-state index in [4.69, 9.17) is 0 Å². The first kappa shape index (κ1) is 20.7.